The van der Waals surface area contributed by atoms with E-state index in [1.165, 1.54) is 6.07 Å². The van der Waals surface area contributed by atoms with Gasteiger partial charge in [0, 0.05) is 6.07 Å². The minimum absolute atomic E-state index is 0.225. The largest absolute Gasteiger partial charge is 0.490 e. The Morgan fingerprint density at radius 1 is 1.12 bits per heavy atom. The third-order valence-electron chi connectivity index (χ3n) is 1.80. The summed E-state index contributed by atoms with van der Waals surface area (Å²) in [4.78, 5) is -0.431. The van der Waals surface area contributed by atoms with Gasteiger partial charge in [0.15, 0.2) is 11.5 Å². The van der Waals surface area contributed by atoms with Crippen molar-refractivity contribution in [2.45, 2.75) is 18.7 Å². The predicted molar refractivity (Wildman–Crippen MR) is 57.1 cm³/mol. The lowest BCUT2D eigenvalue weighted by molar-refractivity contribution is 0.287. The molecule has 16 heavy (non-hydrogen) atoms. The van der Waals surface area contributed by atoms with Crippen LogP contribution in [0.2, 0.25) is 0 Å². The average molecular weight is 248 g/mol. The van der Waals surface area contributed by atoms with E-state index in [9.17, 15) is 12.3 Å². The van der Waals surface area contributed by atoms with Crippen LogP contribution in [0.15, 0.2) is 23.1 Å². The number of ether oxygens (including phenoxy) is 2. The molecular formula is C10H13FO4S. The molecule has 0 saturated heterocycles. The Morgan fingerprint density at radius 2 is 1.69 bits per heavy atom. The molecule has 0 aliphatic carbocycles. The molecule has 1 rings (SSSR count). The van der Waals surface area contributed by atoms with Gasteiger partial charge in [-0.3, -0.25) is 0 Å². The van der Waals surface area contributed by atoms with Gasteiger partial charge in [0.05, 0.1) is 13.2 Å². The standard InChI is InChI=1S/C10H13FO4S/c1-3-14-9-6-5-8(16(11,12)13)7-10(9)15-4-2/h5-7H,3-4H2,1-2H3. The highest BCUT2D eigenvalue weighted by Crippen LogP contribution is 2.30. The fraction of sp³-hybridized carbons (Fsp3) is 0.400. The summed E-state index contributed by atoms with van der Waals surface area (Å²) >= 11 is 0. The Balaban J connectivity index is 3.17. The zero-order valence-electron chi connectivity index (χ0n) is 9.07. The maximum atomic E-state index is 12.7. The average Bonchev–Trinajstić information content (AvgIpc) is 2.19. The summed E-state index contributed by atoms with van der Waals surface area (Å²) in [5.41, 5.74) is 0. The molecule has 6 heteroatoms. The van der Waals surface area contributed by atoms with Crippen LogP contribution in [0.4, 0.5) is 3.89 Å². The van der Waals surface area contributed by atoms with Crippen LogP contribution in [0.5, 0.6) is 11.5 Å². The Labute approximate surface area is 94.2 Å². The molecule has 0 N–H and O–H groups in total. The van der Waals surface area contributed by atoms with Gasteiger partial charge in [-0.05, 0) is 26.0 Å². The molecule has 0 spiro atoms. The first-order valence-electron chi connectivity index (χ1n) is 4.83. The van der Waals surface area contributed by atoms with Gasteiger partial charge in [0.2, 0.25) is 0 Å². The third kappa shape index (κ3) is 3.10. The highest BCUT2D eigenvalue weighted by Gasteiger charge is 2.15. The minimum Gasteiger partial charge on any atom is -0.490 e. The maximum Gasteiger partial charge on any atom is 0.332 e. The van der Waals surface area contributed by atoms with Crippen molar-refractivity contribution in [1.82, 2.24) is 0 Å². The van der Waals surface area contributed by atoms with E-state index >= 15 is 0 Å². The summed E-state index contributed by atoms with van der Waals surface area (Å²) in [5.74, 6) is 0.625. The molecule has 0 radical (unpaired) electrons. The van der Waals surface area contributed by atoms with Gasteiger partial charge < -0.3 is 9.47 Å². The maximum absolute atomic E-state index is 12.7. The van der Waals surface area contributed by atoms with E-state index in [1.54, 1.807) is 13.8 Å². The molecule has 0 fully saturated rings. The zero-order valence-corrected chi connectivity index (χ0v) is 9.88. The summed E-state index contributed by atoms with van der Waals surface area (Å²) in [7, 11) is -4.71. The van der Waals surface area contributed by atoms with Crippen LogP contribution in [-0.2, 0) is 10.2 Å². The molecule has 1 aromatic rings. The number of benzene rings is 1. The van der Waals surface area contributed by atoms with E-state index in [0.29, 0.717) is 19.0 Å². The van der Waals surface area contributed by atoms with E-state index in [1.807, 2.05) is 0 Å². The van der Waals surface area contributed by atoms with E-state index in [2.05, 4.69) is 0 Å². The van der Waals surface area contributed by atoms with Crippen molar-refractivity contribution in [3.63, 3.8) is 0 Å². The monoisotopic (exact) mass is 248 g/mol. The number of hydrogen-bond acceptors (Lipinski definition) is 4. The Hall–Kier alpha value is -1.30. The van der Waals surface area contributed by atoms with Crippen LogP contribution in [0.1, 0.15) is 13.8 Å². The molecule has 1 aromatic carbocycles. The minimum atomic E-state index is -4.71. The quantitative estimate of drug-likeness (QED) is 0.749. The third-order valence-corrected chi connectivity index (χ3v) is 2.61. The molecule has 90 valence electrons. The van der Waals surface area contributed by atoms with Gasteiger partial charge in [-0.2, -0.15) is 8.42 Å². The smallest absolute Gasteiger partial charge is 0.332 e. The summed E-state index contributed by atoms with van der Waals surface area (Å²) < 4.78 is 44.5. The summed E-state index contributed by atoms with van der Waals surface area (Å²) in [5, 5.41) is 0. The lowest BCUT2D eigenvalue weighted by Crippen LogP contribution is -2.00. The van der Waals surface area contributed by atoms with Gasteiger partial charge in [0.1, 0.15) is 4.90 Å². The molecule has 0 aromatic heterocycles. The summed E-state index contributed by atoms with van der Waals surface area (Å²) in [6, 6.07) is 3.63. The van der Waals surface area contributed by atoms with Crippen molar-refractivity contribution in [3.8, 4) is 11.5 Å². The predicted octanol–water partition coefficient (Wildman–Crippen LogP) is 2.14. The Bertz CT molecular complexity index is 456. The van der Waals surface area contributed by atoms with Gasteiger partial charge in [0.25, 0.3) is 0 Å². The van der Waals surface area contributed by atoms with Crippen molar-refractivity contribution in [1.29, 1.82) is 0 Å². The topological polar surface area (TPSA) is 52.6 Å². The second-order valence-corrected chi connectivity index (χ2v) is 4.26. The zero-order chi connectivity index (χ0) is 12.2. The van der Waals surface area contributed by atoms with Crippen molar-refractivity contribution in [3.05, 3.63) is 18.2 Å². The molecule has 0 saturated carbocycles. The van der Waals surface area contributed by atoms with Gasteiger partial charge in [-0.25, -0.2) is 0 Å². The fourth-order valence-electron chi connectivity index (χ4n) is 1.18. The highest BCUT2D eigenvalue weighted by molar-refractivity contribution is 7.86. The van der Waals surface area contributed by atoms with E-state index in [4.69, 9.17) is 9.47 Å². The first-order valence-corrected chi connectivity index (χ1v) is 6.21. The van der Waals surface area contributed by atoms with Gasteiger partial charge >= 0.3 is 10.2 Å². The SMILES string of the molecule is CCOc1ccc(S(=O)(=O)F)cc1OCC. The molecule has 0 aliphatic rings. The van der Waals surface area contributed by atoms with E-state index in [0.717, 1.165) is 12.1 Å². The molecular weight excluding hydrogens is 235 g/mol. The van der Waals surface area contributed by atoms with Crippen LogP contribution < -0.4 is 9.47 Å². The molecule has 0 amide bonds. The first kappa shape index (κ1) is 12.8. The molecule has 0 atom stereocenters. The second-order valence-electron chi connectivity index (χ2n) is 2.91. The molecule has 0 heterocycles. The normalized spacial score (nSPS) is 11.2. The van der Waals surface area contributed by atoms with Crippen LogP contribution in [0.25, 0.3) is 0 Å². The van der Waals surface area contributed by atoms with Crippen molar-refractivity contribution < 1.29 is 21.8 Å². The van der Waals surface area contributed by atoms with E-state index < -0.39 is 15.1 Å². The number of rotatable bonds is 5. The fourth-order valence-corrected chi connectivity index (χ4v) is 1.66. The van der Waals surface area contributed by atoms with Gasteiger partial charge in [-0.15, -0.1) is 3.89 Å². The molecule has 4 nitrogen and oxygen atoms in total. The molecule has 0 bridgehead atoms. The second kappa shape index (κ2) is 5.16. The van der Waals surface area contributed by atoms with Gasteiger partial charge in [-0.1, -0.05) is 0 Å². The Morgan fingerprint density at radius 3 is 2.19 bits per heavy atom. The Kier molecular flexibility index (Phi) is 4.12. The molecule has 0 aliphatic heterocycles. The first-order chi connectivity index (χ1) is 7.49. The van der Waals surface area contributed by atoms with Crippen LogP contribution in [0.3, 0.4) is 0 Å². The van der Waals surface area contributed by atoms with Crippen LogP contribution >= 0.6 is 0 Å². The lowest BCUT2D eigenvalue weighted by Gasteiger charge is -2.10. The van der Waals surface area contributed by atoms with Crippen molar-refractivity contribution in [2.24, 2.45) is 0 Å². The number of hydrogen-bond donors (Lipinski definition) is 0. The van der Waals surface area contributed by atoms with Crippen molar-refractivity contribution >= 4 is 10.2 Å². The summed E-state index contributed by atoms with van der Waals surface area (Å²) in [6.45, 7) is 4.29. The van der Waals surface area contributed by atoms with E-state index in [-0.39, 0.29) is 5.75 Å². The number of halogens is 1. The lowest BCUT2D eigenvalue weighted by atomic mass is 10.3. The highest BCUT2D eigenvalue weighted by atomic mass is 32.3. The van der Waals surface area contributed by atoms with Crippen molar-refractivity contribution in [2.75, 3.05) is 13.2 Å². The summed E-state index contributed by atoms with van der Waals surface area (Å²) in [6.07, 6.45) is 0. The van der Waals surface area contributed by atoms with Crippen LogP contribution in [-0.4, -0.2) is 21.6 Å². The van der Waals surface area contributed by atoms with Crippen LogP contribution in [0, 0.1) is 0 Å². The molecule has 0 unspecified atom stereocenters.